The fraction of sp³-hybridized carbons (Fsp3) is 0.579. The average molecular weight is 400 g/mol. The third kappa shape index (κ3) is 3.94. The Morgan fingerprint density at radius 2 is 2.04 bits per heavy atom. The van der Waals surface area contributed by atoms with Crippen LogP contribution in [0.25, 0.3) is 0 Å². The summed E-state index contributed by atoms with van der Waals surface area (Å²) in [5.74, 6) is -2.12. The van der Waals surface area contributed by atoms with Gasteiger partial charge in [0.1, 0.15) is 0 Å². The fourth-order valence-corrected chi connectivity index (χ4v) is 4.27. The summed E-state index contributed by atoms with van der Waals surface area (Å²) in [4.78, 5) is 28.6. The minimum atomic E-state index is -0.865. The van der Waals surface area contributed by atoms with Crippen molar-refractivity contribution in [2.75, 3.05) is 32.7 Å². The standard InChI is InChI=1S/C19H23F2N3O2.ClH/c20-16-5-1-4-13(18(16)21)14-9-15(14)19(26)23-7-2-3-12(11-23)24-8-6-22-10-17(24)25;/h1,4-5,12,14-15,22H,2-3,6-11H2;1H. The Labute approximate surface area is 163 Å². The van der Waals surface area contributed by atoms with Crippen molar-refractivity contribution in [2.24, 2.45) is 5.92 Å². The maximum atomic E-state index is 14.0. The molecule has 8 heteroatoms. The van der Waals surface area contributed by atoms with Gasteiger partial charge in [0.2, 0.25) is 11.8 Å². The van der Waals surface area contributed by atoms with Gasteiger partial charge in [-0.05, 0) is 36.8 Å². The predicted molar refractivity (Wildman–Crippen MR) is 98.6 cm³/mol. The Morgan fingerprint density at radius 3 is 2.81 bits per heavy atom. The summed E-state index contributed by atoms with van der Waals surface area (Å²) in [6.07, 6.45) is 2.33. The Hall–Kier alpha value is -1.73. The van der Waals surface area contributed by atoms with Crippen molar-refractivity contribution in [3.8, 4) is 0 Å². The highest BCUT2D eigenvalue weighted by atomic mass is 35.5. The van der Waals surface area contributed by atoms with E-state index in [0.29, 0.717) is 38.2 Å². The first-order chi connectivity index (χ1) is 12.6. The zero-order chi connectivity index (χ0) is 18.3. The quantitative estimate of drug-likeness (QED) is 0.844. The first-order valence-electron chi connectivity index (χ1n) is 9.29. The minimum absolute atomic E-state index is 0. The molecule has 1 aliphatic carbocycles. The van der Waals surface area contributed by atoms with E-state index in [4.69, 9.17) is 0 Å². The number of rotatable bonds is 3. The number of hydrogen-bond acceptors (Lipinski definition) is 3. The van der Waals surface area contributed by atoms with Gasteiger partial charge in [-0.3, -0.25) is 9.59 Å². The largest absolute Gasteiger partial charge is 0.340 e. The topological polar surface area (TPSA) is 52.7 Å². The van der Waals surface area contributed by atoms with Crippen molar-refractivity contribution in [1.29, 1.82) is 0 Å². The Bertz CT molecular complexity index is 733. The van der Waals surface area contributed by atoms with E-state index in [1.54, 1.807) is 6.07 Å². The van der Waals surface area contributed by atoms with E-state index in [1.165, 1.54) is 6.07 Å². The van der Waals surface area contributed by atoms with E-state index in [2.05, 4.69) is 5.32 Å². The van der Waals surface area contributed by atoms with Crippen LogP contribution in [0.3, 0.4) is 0 Å². The van der Waals surface area contributed by atoms with Crippen molar-refractivity contribution in [3.05, 3.63) is 35.4 Å². The van der Waals surface area contributed by atoms with Crippen LogP contribution < -0.4 is 5.32 Å². The molecule has 0 spiro atoms. The Balaban J connectivity index is 0.00000210. The number of halogens is 3. The van der Waals surface area contributed by atoms with Crippen LogP contribution in [0.1, 0.15) is 30.7 Å². The van der Waals surface area contributed by atoms with Gasteiger partial charge >= 0.3 is 0 Å². The highest BCUT2D eigenvalue weighted by molar-refractivity contribution is 5.85. The number of carbonyl (C=O) groups is 2. The molecule has 2 aliphatic heterocycles. The second kappa shape index (κ2) is 8.10. The van der Waals surface area contributed by atoms with Crippen molar-refractivity contribution in [2.45, 2.75) is 31.2 Å². The molecule has 0 aromatic heterocycles. The van der Waals surface area contributed by atoms with Crippen LogP contribution in [-0.2, 0) is 9.59 Å². The summed E-state index contributed by atoms with van der Waals surface area (Å²) in [7, 11) is 0. The summed E-state index contributed by atoms with van der Waals surface area (Å²) < 4.78 is 27.4. The number of piperidine rings is 1. The van der Waals surface area contributed by atoms with Gasteiger partial charge in [0.05, 0.1) is 6.54 Å². The first kappa shape index (κ1) is 20.0. The number of hydrogen-bond donors (Lipinski definition) is 1. The third-order valence-electron chi connectivity index (χ3n) is 5.76. The predicted octanol–water partition coefficient (Wildman–Crippen LogP) is 1.91. The van der Waals surface area contributed by atoms with Crippen molar-refractivity contribution in [3.63, 3.8) is 0 Å². The lowest BCUT2D eigenvalue weighted by atomic mass is 10.0. The van der Waals surface area contributed by atoms with Crippen LogP contribution >= 0.6 is 12.4 Å². The van der Waals surface area contributed by atoms with Crippen LogP contribution in [-0.4, -0.2) is 60.4 Å². The molecule has 3 atom stereocenters. The van der Waals surface area contributed by atoms with E-state index in [1.807, 2.05) is 9.80 Å². The molecule has 1 aromatic carbocycles. The molecule has 4 rings (SSSR count). The van der Waals surface area contributed by atoms with Crippen LogP contribution in [0.5, 0.6) is 0 Å². The monoisotopic (exact) mass is 399 g/mol. The van der Waals surface area contributed by atoms with Crippen LogP contribution in [0.4, 0.5) is 8.78 Å². The van der Waals surface area contributed by atoms with Gasteiger partial charge in [-0.2, -0.15) is 0 Å². The number of carbonyl (C=O) groups excluding carboxylic acids is 2. The van der Waals surface area contributed by atoms with E-state index in [0.717, 1.165) is 25.5 Å². The zero-order valence-corrected chi connectivity index (χ0v) is 15.8. The lowest BCUT2D eigenvalue weighted by Crippen LogP contribution is -2.57. The Kier molecular flexibility index (Phi) is 6.01. The van der Waals surface area contributed by atoms with Crippen molar-refractivity contribution in [1.82, 2.24) is 15.1 Å². The minimum Gasteiger partial charge on any atom is -0.340 e. The lowest BCUT2D eigenvalue weighted by molar-refractivity contribution is -0.141. The molecule has 0 bridgehead atoms. The maximum absolute atomic E-state index is 14.0. The van der Waals surface area contributed by atoms with Gasteiger partial charge < -0.3 is 15.1 Å². The number of likely N-dealkylation sites (tertiary alicyclic amines) is 1. The molecule has 1 aromatic rings. The fourth-order valence-electron chi connectivity index (χ4n) is 4.27. The Morgan fingerprint density at radius 1 is 1.22 bits per heavy atom. The van der Waals surface area contributed by atoms with Crippen molar-refractivity contribution >= 4 is 24.2 Å². The SMILES string of the molecule is Cl.O=C(C1CC1c1cccc(F)c1F)N1CCCC(N2CCNCC2=O)C1. The molecule has 5 nitrogen and oxygen atoms in total. The van der Waals surface area contributed by atoms with Crippen molar-refractivity contribution < 1.29 is 18.4 Å². The highest BCUT2D eigenvalue weighted by Gasteiger charge is 2.48. The molecule has 1 saturated carbocycles. The molecule has 148 valence electrons. The molecular weight excluding hydrogens is 376 g/mol. The molecular formula is C19H24ClF2N3O2. The first-order valence-corrected chi connectivity index (χ1v) is 9.29. The van der Waals surface area contributed by atoms with Gasteiger partial charge in [-0.25, -0.2) is 8.78 Å². The maximum Gasteiger partial charge on any atom is 0.236 e. The molecule has 3 fully saturated rings. The summed E-state index contributed by atoms with van der Waals surface area (Å²) in [5, 5.41) is 3.06. The molecule has 3 unspecified atom stereocenters. The summed E-state index contributed by atoms with van der Waals surface area (Å²) >= 11 is 0. The molecule has 2 saturated heterocycles. The van der Waals surface area contributed by atoms with Gasteiger partial charge in [-0.15, -0.1) is 12.4 Å². The van der Waals surface area contributed by atoms with Gasteiger partial charge in [0, 0.05) is 38.1 Å². The number of amides is 2. The molecule has 0 radical (unpaired) electrons. The van der Waals surface area contributed by atoms with E-state index >= 15 is 0 Å². The van der Waals surface area contributed by atoms with Gasteiger partial charge in [0.25, 0.3) is 0 Å². The molecule has 2 amide bonds. The summed E-state index contributed by atoms with van der Waals surface area (Å²) in [5.41, 5.74) is 0.300. The van der Waals surface area contributed by atoms with E-state index < -0.39 is 11.6 Å². The average Bonchev–Trinajstić information content (AvgIpc) is 3.44. The highest BCUT2D eigenvalue weighted by Crippen LogP contribution is 2.49. The number of nitrogens with zero attached hydrogens (tertiary/aromatic N) is 2. The zero-order valence-electron chi connectivity index (χ0n) is 15.0. The smallest absolute Gasteiger partial charge is 0.236 e. The lowest BCUT2D eigenvalue weighted by Gasteiger charge is -2.41. The second-order valence-corrected chi connectivity index (χ2v) is 7.44. The number of piperazine rings is 1. The normalized spacial score (nSPS) is 27.9. The van der Waals surface area contributed by atoms with Gasteiger partial charge in [0.15, 0.2) is 11.6 Å². The molecule has 1 N–H and O–H groups in total. The number of nitrogens with one attached hydrogen (secondary N) is 1. The van der Waals surface area contributed by atoms with Gasteiger partial charge in [-0.1, -0.05) is 12.1 Å². The third-order valence-corrected chi connectivity index (χ3v) is 5.76. The van der Waals surface area contributed by atoms with Crippen LogP contribution in [0, 0.1) is 17.6 Å². The molecule has 27 heavy (non-hydrogen) atoms. The van der Waals surface area contributed by atoms with Crippen LogP contribution in [0.2, 0.25) is 0 Å². The van der Waals surface area contributed by atoms with E-state index in [9.17, 15) is 18.4 Å². The number of benzene rings is 1. The molecule has 2 heterocycles. The summed E-state index contributed by atoms with van der Waals surface area (Å²) in [6.45, 7) is 3.02. The summed E-state index contributed by atoms with van der Waals surface area (Å²) in [6, 6.07) is 4.21. The van der Waals surface area contributed by atoms with Crippen LogP contribution in [0.15, 0.2) is 18.2 Å². The molecule has 3 aliphatic rings. The second-order valence-electron chi connectivity index (χ2n) is 7.44. The van der Waals surface area contributed by atoms with E-state index in [-0.39, 0.29) is 42.1 Å².